The average Bonchev–Trinajstić information content (AvgIpc) is 3.32. The third kappa shape index (κ3) is 5.97. The molecule has 3 unspecified atom stereocenters. The monoisotopic (exact) mass is 626 g/mol. The first-order valence-electron chi connectivity index (χ1n) is 19.7. The van der Waals surface area contributed by atoms with Gasteiger partial charge >= 0.3 is 0 Å². The number of fused-ring (bicyclic) bond motifs is 4. The number of allylic oxidation sites excluding steroid dienone is 7. The molecule has 0 spiro atoms. The number of hydrogen-bond donors (Lipinski definition) is 0. The maximum Gasteiger partial charge on any atom is 0.0443 e. The van der Waals surface area contributed by atoms with E-state index in [-0.39, 0.29) is 0 Å². The second kappa shape index (κ2) is 13.9. The Morgan fingerprint density at radius 3 is 2.49 bits per heavy atom. The minimum absolute atomic E-state index is 0.513. The Kier molecular flexibility index (Phi) is 9.22. The highest BCUT2D eigenvalue weighted by Crippen LogP contribution is 2.48. The van der Waals surface area contributed by atoms with Crippen molar-refractivity contribution >= 4 is 11.8 Å². The van der Waals surface area contributed by atoms with Crippen LogP contribution in [0.4, 0.5) is 5.69 Å². The summed E-state index contributed by atoms with van der Waals surface area (Å²) in [5.41, 5.74) is 12.9. The molecule has 2 saturated carbocycles. The first-order valence-corrected chi connectivity index (χ1v) is 19.7. The van der Waals surface area contributed by atoms with Crippen molar-refractivity contribution in [3.63, 3.8) is 0 Å². The van der Waals surface area contributed by atoms with Crippen LogP contribution in [0.2, 0.25) is 0 Å². The molecule has 0 amide bonds. The third-order valence-electron chi connectivity index (χ3n) is 13.0. The Hall–Kier alpha value is -3.00. The van der Waals surface area contributed by atoms with Gasteiger partial charge in [-0.2, -0.15) is 0 Å². The van der Waals surface area contributed by atoms with Crippen LogP contribution in [0.5, 0.6) is 0 Å². The number of anilines is 1. The SMILES string of the molecule is CCc1c(CC(C)C2=CCC3C(C=C2)c2ccccc2N3C2CCCCC2)c2c(n1C1CCC(C3=CCCCC=C3)CC1)C=CCC2. The number of benzene rings is 1. The van der Waals surface area contributed by atoms with Gasteiger partial charge in [-0.25, -0.2) is 0 Å². The topological polar surface area (TPSA) is 8.17 Å². The quantitative estimate of drug-likeness (QED) is 0.297. The highest BCUT2D eigenvalue weighted by molar-refractivity contribution is 5.65. The molecule has 0 saturated heterocycles. The summed E-state index contributed by atoms with van der Waals surface area (Å²) in [6.07, 6.45) is 42.2. The highest BCUT2D eigenvalue weighted by atomic mass is 15.2. The molecule has 2 aromatic rings. The van der Waals surface area contributed by atoms with E-state index in [0.29, 0.717) is 30.0 Å². The van der Waals surface area contributed by atoms with Crippen molar-refractivity contribution in [2.75, 3.05) is 4.90 Å². The second-order valence-corrected chi connectivity index (χ2v) is 15.8. The molecule has 8 rings (SSSR count). The molecule has 5 aliphatic carbocycles. The molecule has 6 aliphatic rings. The largest absolute Gasteiger partial charge is 0.364 e. The van der Waals surface area contributed by atoms with E-state index in [4.69, 9.17) is 0 Å². The summed E-state index contributed by atoms with van der Waals surface area (Å²) in [4.78, 5) is 2.88. The van der Waals surface area contributed by atoms with Crippen molar-refractivity contribution in [2.24, 2.45) is 11.8 Å². The van der Waals surface area contributed by atoms with Crippen LogP contribution < -0.4 is 4.90 Å². The van der Waals surface area contributed by atoms with Crippen molar-refractivity contribution in [3.8, 4) is 0 Å². The minimum Gasteiger partial charge on any atom is -0.364 e. The van der Waals surface area contributed by atoms with Crippen LogP contribution in [0.3, 0.4) is 0 Å². The molecule has 2 heteroatoms. The number of hydrogen-bond acceptors (Lipinski definition) is 1. The van der Waals surface area contributed by atoms with Gasteiger partial charge in [-0.15, -0.1) is 0 Å². The molecular formula is C45H58N2. The predicted octanol–water partition coefficient (Wildman–Crippen LogP) is 11.8. The van der Waals surface area contributed by atoms with Gasteiger partial charge in [0.2, 0.25) is 0 Å². The molecule has 2 fully saturated rings. The van der Waals surface area contributed by atoms with E-state index in [1.165, 1.54) is 108 Å². The van der Waals surface area contributed by atoms with E-state index in [1.54, 1.807) is 39.2 Å². The van der Waals surface area contributed by atoms with E-state index in [0.717, 1.165) is 12.3 Å². The lowest BCUT2D eigenvalue weighted by atomic mass is 9.80. The molecule has 0 radical (unpaired) electrons. The lowest BCUT2D eigenvalue weighted by molar-refractivity contribution is 0.297. The van der Waals surface area contributed by atoms with Gasteiger partial charge < -0.3 is 9.47 Å². The number of aromatic nitrogens is 1. The van der Waals surface area contributed by atoms with Crippen molar-refractivity contribution in [1.29, 1.82) is 0 Å². The predicted molar refractivity (Wildman–Crippen MR) is 200 cm³/mol. The van der Waals surface area contributed by atoms with Crippen LogP contribution in [0.15, 0.2) is 77.9 Å². The lowest BCUT2D eigenvalue weighted by Crippen LogP contribution is -2.42. The van der Waals surface area contributed by atoms with Gasteiger partial charge in [0.1, 0.15) is 0 Å². The fraction of sp³-hybridized carbons (Fsp3) is 0.556. The lowest BCUT2D eigenvalue weighted by Gasteiger charge is -2.38. The van der Waals surface area contributed by atoms with E-state index in [9.17, 15) is 0 Å². The van der Waals surface area contributed by atoms with E-state index < -0.39 is 0 Å². The van der Waals surface area contributed by atoms with Gasteiger partial charge in [0.05, 0.1) is 0 Å². The van der Waals surface area contributed by atoms with E-state index in [2.05, 4.69) is 96.2 Å². The summed E-state index contributed by atoms with van der Waals surface area (Å²) in [5, 5.41) is 0. The average molecular weight is 627 g/mol. The Morgan fingerprint density at radius 1 is 0.809 bits per heavy atom. The summed E-state index contributed by atoms with van der Waals surface area (Å²) >= 11 is 0. The molecule has 248 valence electrons. The summed E-state index contributed by atoms with van der Waals surface area (Å²) < 4.78 is 2.86. The first kappa shape index (κ1) is 31.3. The van der Waals surface area contributed by atoms with Crippen LogP contribution >= 0.6 is 0 Å². The second-order valence-electron chi connectivity index (χ2n) is 15.8. The molecule has 0 N–H and O–H groups in total. The summed E-state index contributed by atoms with van der Waals surface area (Å²) in [5.74, 6) is 1.81. The molecule has 47 heavy (non-hydrogen) atoms. The van der Waals surface area contributed by atoms with E-state index >= 15 is 0 Å². The zero-order chi connectivity index (χ0) is 31.7. The minimum atomic E-state index is 0.513. The molecule has 1 aliphatic heterocycles. The van der Waals surface area contributed by atoms with Crippen molar-refractivity contribution in [1.82, 2.24) is 4.57 Å². The van der Waals surface area contributed by atoms with E-state index in [1.807, 2.05) is 0 Å². The Labute approximate surface area is 285 Å². The Bertz CT molecular complexity index is 1580. The zero-order valence-electron chi connectivity index (χ0n) is 29.3. The van der Waals surface area contributed by atoms with Crippen LogP contribution in [-0.4, -0.2) is 16.7 Å². The smallest absolute Gasteiger partial charge is 0.0443 e. The van der Waals surface area contributed by atoms with Crippen molar-refractivity contribution in [3.05, 3.63) is 106 Å². The molecule has 1 aromatic heterocycles. The maximum atomic E-state index is 2.88. The molecular weight excluding hydrogens is 569 g/mol. The van der Waals surface area contributed by atoms with Crippen LogP contribution in [0, 0.1) is 11.8 Å². The van der Waals surface area contributed by atoms with Gasteiger partial charge in [0, 0.05) is 41.1 Å². The van der Waals surface area contributed by atoms with Crippen molar-refractivity contribution in [2.45, 2.75) is 147 Å². The maximum absolute atomic E-state index is 2.88. The fourth-order valence-corrected chi connectivity index (χ4v) is 10.7. The molecule has 2 nitrogen and oxygen atoms in total. The number of rotatable bonds is 7. The highest BCUT2D eigenvalue weighted by Gasteiger charge is 2.41. The number of nitrogens with zero attached hydrogens (tertiary/aromatic N) is 2. The van der Waals surface area contributed by atoms with Crippen LogP contribution in [0.25, 0.3) is 6.08 Å². The fourth-order valence-electron chi connectivity index (χ4n) is 10.7. The van der Waals surface area contributed by atoms with Gasteiger partial charge in [-0.3, -0.25) is 0 Å². The Balaban J connectivity index is 1.04. The summed E-state index contributed by atoms with van der Waals surface area (Å²) in [6, 6.07) is 11.3. The summed E-state index contributed by atoms with van der Waals surface area (Å²) in [6.45, 7) is 4.94. The zero-order valence-corrected chi connectivity index (χ0v) is 29.3. The molecule has 1 aromatic carbocycles. The number of para-hydroxylation sites is 1. The Morgan fingerprint density at radius 2 is 1.64 bits per heavy atom. The van der Waals surface area contributed by atoms with Gasteiger partial charge in [-0.1, -0.05) is 93.8 Å². The molecule has 3 atom stereocenters. The van der Waals surface area contributed by atoms with Crippen LogP contribution in [0.1, 0.15) is 144 Å². The van der Waals surface area contributed by atoms with Crippen LogP contribution in [-0.2, 0) is 19.3 Å². The van der Waals surface area contributed by atoms with Gasteiger partial charge in [0.15, 0.2) is 0 Å². The third-order valence-corrected chi connectivity index (χ3v) is 13.0. The van der Waals surface area contributed by atoms with Gasteiger partial charge in [0.25, 0.3) is 0 Å². The van der Waals surface area contributed by atoms with Crippen molar-refractivity contribution < 1.29 is 0 Å². The van der Waals surface area contributed by atoms with Gasteiger partial charge in [-0.05, 0) is 142 Å². The molecule has 2 heterocycles. The standard InChI is InChI=1S/C45H58N2/c1-3-42-41(39-20-12-14-22-44(39)46(42)37-27-23-35(24-28-37)34-15-7-4-5-8-16-34)31-32(2)33-25-29-40-38-19-11-13-21-43(38)47(45(40)30-26-33)36-17-9-6-10-18-36/h7,11,13-16,19,21-22,25-26,29,32,35-37,40,45H,3-6,8-10,12,17-18,20,23-24,27-28,30-31H2,1-2H3. The molecule has 0 bridgehead atoms. The summed E-state index contributed by atoms with van der Waals surface area (Å²) in [7, 11) is 0. The first-order chi connectivity index (χ1) is 23.2. The normalized spacial score (nSPS) is 28.2.